The molecule has 0 aliphatic rings. The number of aryl methyl sites for hydroxylation is 1. The lowest BCUT2D eigenvalue weighted by molar-refractivity contribution is 1.04. The van der Waals surface area contributed by atoms with E-state index in [1.165, 1.54) is 0 Å². The van der Waals surface area contributed by atoms with Crippen molar-refractivity contribution in [1.82, 2.24) is 9.97 Å². The van der Waals surface area contributed by atoms with Crippen LogP contribution in [0.5, 0.6) is 0 Å². The van der Waals surface area contributed by atoms with Crippen LogP contribution >= 0.6 is 11.6 Å². The van der Waals surface area contributed by atoms with Gasteiger partial charge in [-0.2, -0.15) is 0 Å². The quantitative estimate of drug-likeness (QED) is 0.892. The number of aromatic amines is 1. The number of aromatic nitrogens is 2. The summed E-state index contributed by atoms with van der Waals surface area (Å²) in [5.41, 5.74) is 3.17. The molecule has 1 aromatic carbocycles. The summed E-state index contributed by atoms with van der Waals surface area (Å²) in [6.07, 6.45) is 1.84. The second-order valence-corrected chi connectivity index (χ2v) is 4.84. The lowest BCUT2D eigenvalue weighted by atomic mass is 10.2. The summed E-state index contributed by atoms with van der Waals surface area (Å²) in [5, 5.41) is 4.09. The van der Waals surface area contributed by atoms with E-state index in [1.54, 1.807) is 0 Å². The second-order valence-electron chi connectivity index (χ2n) is 4.40. The number of imidazole rings is 1. The van der Waals surface area contributed by atoms with Gasteiger partial charge in [0, 0.05) is 19.1 Å². The van der Waals surface area contributed by atoms with Gasteiger partial charge < -0.3 is 15.2 Å². The zero-order chi connectivity index (χ0) is 13.1. The molecule has 0 saturated heterocycles. The van der Waals surface area contributed by atoms with E-state index in [0.717, 1.165) is 27.9 Å². The fourth-order valence-electron chi connectivity index (χ4n) is 1.79. The van der Waals surface area contributed by atoms with Crippen molar-refractivity contribution in [2.45, 2.75) is 13.5 Å². The zero-order valence-corrected chi connectivity index (χ0v) is 11.5. The van der Waals surface area contributed by atoms with Crippen molar-refractivity contribution in [3.8, 4) is 0 Å². The predicted molar refractivity (Wildman–Crippen MR) is 76.4 cm³/mol. The van der Waals surface area contributed by atoms with Crippen LogP contribution in [0.15, 0.2) is 24.4 Å². The Bertz CT molecular complexity index is 534. The molecule has 18 heavy (non-hydrogen) atoms. The summed E-state index contributed by atoms with van der Waals surface area (Å²) in [6, 6.07) is 5.82. The maximum absolute atomic E-state index is 6.03. The van der Waals surface area contributed by atoms with Crippen LogP contribution < -0.4 is 10.2 Å². The molecule has 0 spiro atoms. The summed E-state index contributed by atoms with van der Waals surface area (Å²) in [6.45, 7) is 2.64. The molecule has 4 nitrogen and oxygen atoms in total. The van der Waals surface area contributed by atoms with E-state index >= 15 is 0 Å². The molecule has 0 aliphatic heterocycles. The van der Waals surface area contributed by atoms with Crippen LogP contribution in [-0.2, 0) is 6.54 Å². The fourth-order valence-corrected chi connectivity index (χ4v) is 1.96. The molecule has 0 saturated carbocycles. The average molecular weight is 265 g/mol. The molecule has 2 N–H and O–H groups in total. The lowest BCUT2D eigenvalue weighted by Crippen LogP contribution is -2.12. The zero-order valence-electron chi connectivity index (χ0n) is 10.8. The van der Waals surface area contributed by atoms with Crippen LogP contribution in [0.3, 0.4) is 0 Å². The molecule has 2 rings (SSSR count). The van der Waals surface area contributed by atoms with Gasteiger partial charge in [0.15, 0.2) is 0 Å². The van der Waals surface area contributed by atoms with Crippen molar-refractivity contribution in [2.75, 3.05) is 24.3 Å². The van der Waals surface area contributed by atoms with Gasteiger partial charge in [-0.15, -0.1) is 0 Å². The molecular weight excluding hydrogens is 248 g/mol. The van der Waals surface area contributed by atoms with Crippen LogP contribution in [0.2, 0.25) is 5.02 Å². The number of hydrogen-bond donors (Lipinski definition) is 2. The van der Waals surface area contributed by atoms with Crippen molar-refractivity contribution in [1.29, 1.82) is 0 Å². The second kappa shape index (κ2) is 5.31. The van der Waals surface area contributed by atoms with Gasteiger partial charge in [-0.25, -0.2) is 4.98 Å². The van der Waals surface area contributed by atoms with Gasteiger partial charge >= 0.3 is 0 Å². The van der Waals surface area contributed by atoms with Crippen molar-refractivity contribution in [3.05, 3.63) is 40.9 Å². The number of halogens is 1. The van der Waals surface area contributed by atoms with Crippen LogP contribution in [-0.4, -0.2) is 24.1 Å². The molecule has 5 heteroatoms. The number of benzene rings is 1. The van der Waals surface area contributed by atoms with Crippen LogP contribution in [0, 0.1) is 6.92 Å². The Morgan fingerprint density at radius 3 is 2.78 bits per heavy atom. The summed E-state index contributed by atoms with van der Waals surface area (Å²) in [5.74, 6) is 0.922. The normalized spacial score (nSPS) is 10.4. The summed E-state index contributed by atoms with van der Waals surface area (Å²) in [4.78, 5) is 9.41. The van der Waals surface area contributed by atoms with Gasteiger partial charge in [0.25, 0.3) is 0 Å². The first-order valence-electron chi connectivity index (χ1n) is 5.77. The van der Waals surface area contributed by atoms with Gasteiger partial charge in [-0.05, 0) is 25.1 Å². The maximum Gasteiger partial charge on any atom is 0.103 e. The Labute approximate surface area is 112 Å². The number of H-pyrrole nitrogens is 1. The first-order valence-corrected chi connectivity index (χ1v) is 6.15. The summed E-state index contributed by atoms with van der Waals surface area (Å²) < 4.78 is 0. The maximum atomic E-state index is 6.03. The highest BCUT2D eigenvalue weighted by Gasteiger charge is 2.05. The highest BCUT2D eigenvalue weighted by Crippen LogP contribution is 2.28. The molecule has 0 amide bonds. The number of nitrogens with zero attached hydrogens (tertiary/aromatic N) is 2. The third-order valence-electron chi connectivity index (χ3n) is 2.67. The molecule has 0 aliphatic carbocycles. The molecule has 2 aromatic rings. The van der Waals surface area contributed by atoms with Gasteiger partial charge in [0.1, 0.15) is 5.82 Å². The monoisotopic (exact) mass is 264 g/mol. The highest BCUT2D eigenvalue weighted by molar-refractivity contribution is 6.31. The van der Waals surface area contributed by atoms with Crippen molar-refractivity contribution < 1.29 is 0 Å². The number of anilines is 2. The van der Waals surface area contributed by atoms with Crippen LogP contribution in [0.4, 0.5) is 11.4 Å². The van der Waals surface area contributed by atoms with Gasteiger partial charge in [0.2, 0.25) is 0 Å². The van der Waals surface area contributed by atoms with E-state index < -0.39 is 0 Å². The van der Waals surface area contributed by atoms with E-state index in [1.807, 2.05) is 45.4 Å². The minimum Gasteiger partial charge on any atom is -0.378 e. The lowest BCUT2D eigenvalue weighted by Gasteiger charge is -2.18. The third kappa shape index (κ3) is 2.96. The van der Waals surface area contributed by atoms with E-state index in [9.17, 15) is 0 Å². The molecule has 96 valence electrons. The first-order chi connectivity index (χ1) is 8.56. The largest absolute Gasteiger partial charge is 0.378 e. The number of nitrogens with one attached hydrogen (secondary N) is 2. The molecule has 0 fully saturated rings. The molecule has 0 atom stereocenters. The highest BCUT2D eigenvalue weighted by atomic mass is 35.5. The van der Waals surface area contributed by atoms with Crippen LogP contribution in [0.1, 0.15) is 11.5 Å². The van der Waals surface area contributed by atoms with Gasteiger partial charge in [-0.3, -0.25) is 0 Å². The summed E-state index contributed by atoms with van der Waals surface area (Å²) in [7, 11) is 4.02. The van der Waals surface area contributed by atoms with Crippen molar-refractivity contribution >= 4 is 23.0 Å². The first kappa shape index (κ1) is 12.8. The Morgan fingerprint density at radius 1 is 1.39 bits per heavy atom. The van der Waals surface area contributed by atoms with Gasteiger partial charge in [0.05, 0.1) is 29.8 Å². The topological polar surface area (TPSA) is 44.0 Å². The van der Waals surface area contributed by atoms with Gasteiger partial charge in [-0.1, -0.05) is 11.6 Å². The Balaban J connectivity index is 2.15. The standard InChI is InChI=1S/C13H17ClN4/c1-9-15-7-11(17-9)8-16-12-6-10(14)4-5-13(12)18(2)3/h4-7,16H,8H2,1-3H3,(H,15,17). The Kier molecular flexibility index (Phi) is 3.77. The van der Waals surface area contributed by atoms with Crippen molar-refractivity contribution in [3.63, 3.8) is 0 Å². The van der Waals surface area contributed by atoms with E-state index in [0.29, 0.717) is 6.54 Å². The molecule has 1 aromatic heterocycles. The van der Waals surface area contributed by atoms with E-state index in [-0.39, 0.29) is 0 Å². The van der Waals surface area contributed by atoms with E-state index in [2.05, 4.69) is 20.2 Å². The smallest absolute Gasteiger partial charge is 0.103 e. The number of hydrogen-bond acceptors (Lipinski definition) is 3. The minimum absolute atomic E-state index is 0.696. The predicted octanol–water partition coefficient (Wildman–Crippen LogP) is 3.05. The SMILES string of the molecule is Cc1ncc(CNc2cc(Cl)ccc2N(C)C)[nH]1. The van der Waals surface area contributed by atoms with Crippen LogP contribution in [0.25, 0.3) is 0 Å². The minimum atomic E-state index is 0.696. The molecular formula is C13H17ClN4. The Morgan fingerprint density at radius 2 is 2.17 bits per heavy atom. The summed E-state index contributed by atoms with van der Waals surface area (Å²) >= 11 is 6.03. The van der Waals surface area contributed by atoms with E-state index in [4.69, 9.17) is 11.6 Å². The number of rotatable bonds is 4. The molecule has 1 heterocycles. The van der Waals surface area contributed by atoms with Crippen molar-refractivity contribution in [2.24, 2.45) is 0 Å². The molecule has 0 unspecified atom stereocenters. The molecule has 0 radical (unpaired) electrons. The average Bonchev–Trinajstić information content (AvgIpc) is 2.72. The third-order valence-corrected chi connectivity index (χ3v) is 2.90. The fraction of sp³-hybridized carbons (Fsp3) is 0.308. The molecule has 0 bridgehead atoms. The Hall–Kier alpha value is -1.68.